The maximum absolute atomic E-state index is 11.2. The number of hydrogen-bond donors (Lipinski definition) is 4. The minimum Gasteiger partial charge on any atom is -0.459 e. The summed E-state index contributed by atoms with van der Waals surface area (Å²) in [6.07, 6.45) is -5.66. The monoisotopic (exact) mass is 234 g/mol. The van der Waals surface area contributed by atoms with Crippen LogP contribution in [0, 0.1) is 0 Å². The molecule has 0 aromatic rings. The smallest absolute Gasteiger partial charge is 0.306 e. The standard InChI is InChI=1S/C10H18O6/c1-2-3-7(12)16-6-4-5(11)8(13)10(15)9(6)14/h5-6,8-11,13-15H,2-4H2,1H3/t5-,6-,8+,9-,10-/m1/s1. The highest BCUT2D eigenvalue weighted by Gasteiger charge is 2.43. The fraction of sp³-hybridized carbons (Fsp3) is 0.900. The van der Waals surface area contributed by atoms with E-state index in [0.717, 1.165) is 0 Å². The van der Waals surface area contributed by atoms with Gasteiger partial charge in [-0.3, -0.25) is 4.79 Å². The number of aliphatic hydroxyl groups is 4. The normalized spacial score (nSPS) is 39.4. The average molecular weight is 234 g/mol. The first-order valence-corrected chi connectivity index (χ1v) is 5.39. The molecule has 6 nitrogen and oxygen atoms in total. The predicted molar refractivity (Wildman–Crippen MR) is 53.4 cm³/mol. The van der Waals surface area contributed by atoms with Crippen LogP contribution < -0.4 is 0 Å². The highest BCUT2D eigenvalue weighted by Crippen LogP contribution is 2.23. The quantitative estimate of drug-likeness (QED) is 0.445. The SMILES string of the molecule is CCCC(=O)O[C@@H]1C[C@@H](O)[C@H](O)[C@@H](O)[C@@H]1O. The van der Waals surface area contributed by atoms with Gasteiger partial charge in [-0.2, -0.15) is 0 Å². The molecule has 0 bridgehead atoms. The van der Waals surface area contributed by atoms with Crippen LogP contribution in [0.4, 0.5) is 0 Å². The Kier molecular flexibility index (Phi) is 4.67. The maximum atomic E-state index is 11.2. The molecule has 5 atom stereocenters. The average Bonchev–Trinajstić information content (AvgIpc) is 2.23. The van der Waals surface area contributed by atoms with E-state index in [4.69, 9.17) is 4.74 Å². The first kappa shape index (κ1) is 13.4. The second kappa shape index (κ2) is 5.58. The van der Waals surface area contributed by atoms with Crippen molar-refractivity contribution in [1.82, 2.24) is 0 Å². The predicted octanol–water partition coefficient (Wildman–Crippen LogP) is -1.45. The molecule has 0 spiro atoms. The molecule has 0 aromatic carbocycles. The van der Waals surface area contributed by atoms with Crippen LogP contribution in [0.25, 0.3) is 0 Å². The molecule has 0 aromatic heterocycles. The third kappa shape index (κ3) is 2.91. The molecule has 1 aliphatic rings. The lowest BCUT2D eigenvalue weighted by Gasteiger charge is -2.37. The van der Waals surface area contributed by atoms with Crippen LogP contribution in [0.2, 0.25) is 0 Å². The van der Waals surface area contributed by atoms with Crippen molar-refractivity contribution in [3.8, 4) is 0 Å². The number of esters is 1. The molecule has 94 valence electrons. The number of aliphatic hydroxyl groups excluding tert-OH is 4. The molecule has 0 amide bonds. The van der Waals surface area contributed by atoms with Crippen LogP contribution in [-0.2, 0) is 9.53 Å². The van der Waals surface area contributed by atoms with Gasteiger partial charge >= 0.3 is 5.97 Å². The summed E-state index contributed by atoms with van der Waals surface area (Å²) >= 11 is 0. The van der Waals surface area contributed by atoms with Crippen molar-refractivity contribution in [2.24, 2.45) is 0 Å². The molecular weight excluding hydrogens is 216 g/mol. The van der Waals surface area contributed by atoms with Crippen molar-refractivity contribution in [1.29, 1.82) is 0 Å². The Morgan fingerprint density at radius 3 is 2.38 bits per heavy atom. The molecule has 0 aliphatic heterocycles. The molecule has 1 rings (SSSR count). The Labute approximate surface area is 93.5 Å². The second-order valence-electron chi connectivity index (χ2n) is 4.05. The van der Waals surface area contributed by atoms with E-state index in [9.17, 15) is 25.2 Å². The van der Waals surface area contributed by atoms with E-state index in [0.29, 0.717) is 6.42 Å². The van der Waals surface area contributed by atoms with Crippen LogP contribution in [-0.4, -0.2) is 56.9 Å². The van der Waals surface area contributed by atoms with Gasteiger partial charge in [-0.05, 0) is 6.42 Å². The minimum atomic E-state index is -1.50. The van der Waals surface area contributed by atoms with E-state index in [2.05, 4.69) is 0 Å². The minimum absolute atomic E-state index is 0.0746. The highest BCUT2D eigenvalue weighted by atomic mass is 16.6. The summed E-state index contributed by atoms with van der Waals surface area (Å²) in [6, 6.07) is 0. The molecule has 0 saturated heterocycles. The van der Waals surface area contributed by atoms with Crippen LogP contribution in [0.15, 0.2) is 0 Å². The Bertz CT molecular complexity index is 243. The summed E-state index contributed by atoms with van der Waals surface area (Å²) in [5.41, 5.74) is 0. The molecule has 0 heterocycles. The van der Waals surface area contributed by atoms with E-state index in [1.54, 1.807) is 0 Å². The highest BCUT2D eigenvalue weighted by molar-refractivity contribution is 5.69. The third-order valence-corrected chi connectivity index (χ3v) is 2.69. The lowest BCUT2D eigenvalue weighted by atomic mass is 9.87. The molecule has 1 fully saturated rings. The van der Waals surface area contributed by atoms with Gasteiger partial charge in [0.2, 0.25) is 0 Å². The molecule has 1 aliphatic carbocycles. The zero-order chi connectivity index (χ0) is 12.3. The fourth-order valence-corrected chi connectivity index (χ4v) is 1.72. The zero-order valence-corrected chi connectivity index (χ0v) is 9.11. The Morgan fingerprint density at radius 2 is 1.81 bits per heavy atom. The first-order chi connectivity index (χ1) is 7.47. The Balaban J connectivity index is 2.57. The van der Waals surface area contributed by atoms with Gasteiger partial charge < -0.3 is 25.2 Å². The van der Waals surface area contributed by atoms with Gasteiger partial charge in [-0.15, -0.1) is 0 Å². The lowest BCUT2D eigenvalue weighted by molar-refractivity contribution is -0.196. The van der Waals surface area contributed by atoms with Crippen molar-refractivity contribution in [2.75, 3.05) is 0 Å². The second-order valence-corrected chi connectivity index (χ2v) is 4.05. The molecular formula is C10H18O6. The summed E-state index contributed by atoms with van der Waals surface area (Å²) in [5, 5.41) is 37.6. The molecule has 0 unspecified atom stereocenters. The molecule has 16 heavy (non-hydrogen) atoms. The van der Waals surface area contributed by atoms with E-state index >= 15 is 0 Å². The first-order valence-electron chi connectivity index (χ1n) is 5.39. The van der Waals surface area contributed by atoms with Gasteiger partial charge in [0.1, 0.15) is 24.4 Å². The summed E-state index contributed by atoms with van der Waals surface area (Å²) in [5.74, 6) is -0.484. The Hall–Kier alpha value is -0.690. The number of hydrogen-bond acceptors (Lipinski definition) is 6. The van der Waals surface area contributed by atoms with Gasteiger partial charge in [0, 0.05) is 12.8 Å². The van der Waals surface area contributed by atoms with Crippen molar-refractivity contribution < 1.29 is 30.0 Å². The van der Waals surface area contributed by atoms with Gasteiger partial charge in [0.25, 0.3) is 0 Å². The topological polar surface area (TPSA) is 107 Å². The summed E-state index contributed by atoms with van der Waals surface area (Å²) < 4.78 is 4.91. The van der Waals surface area contributed by atoms with Gasteiger partial charge in [-0.25, -0.2) is 0 Å². The van der Waals surface area contributed by atoms with Crippen LogP contribution in [0.1, 0.15) is 26.2 Å². The van der Waals surface area contributed by atoms with E-state index < -0.39 is 36.5 Å². The fourth-order valence-electron chi connectivity index (χ4n) is 1.72. The van der Waals surface area contributed by atoms with Crippen molar-refractivity contribution >= 4 is 5.97 Å². The molecule has 0 radical (unpaired) electrons. The van der Waals surface area contributed by atoms with Crippen LogP contribution in [0.3, 0.4) is 0 Å². The van der Waals surface area contributed by atoms with Crippen molar-refractivity contribution in [3.63, 3.8) is 0 Å². The molecule has 4 N–H and O–H groups in total. The van der Waals surface area contributed by atoms with Crippen molar-refractivity contribution in [2.45, 2.75) is 56.7 Å². The van der Waals surface area contributed by atoms with Crippen LogP contribution in [0.5, 0.6) is 0 Å². The molecule has 6 heteroatoms. The third-order valence-electron chi connectivity index (χ3n) is 2.69. The van der Waals surface area contributed by atoms with Crippen molar-refractivity contribution in [3.05, 3.63) is 0 Å². The largest absolute Gasteiger partial charge is 0.459 e. The van der Waals surface area contributed by atoms with E-state index in [1.807, 2.05) is 6.92 Å². The number of carbonyl (C=O) groups is 1. The number of rotatable bonds is 3. The number of ether oxygens (including phenoxy) is 1. The lowest BCUT2D eigenvalue weighted by Crippen LogP contribution is -2.56. The van der Waals surface area contributed by atoms with Gasteiger partial charge in [-0.1, -0.05) is 6.92 Å². The van der Waals surface area contributed by atoms with E-state index in [1.165, 1.54) is 0 Å². The van der Waals surface area contributed by atoms with Crippen LogP contribution >= 0.6 is 0 Å². The maximum Gasteiger partial charge on any atom is 0.306 e. The summed E-state index contributed by atoms with van der Waals surface area (Å²) in [7, 11) is 0. The Morgan fingerprint density at radius 1 is 1.19 bits per heavy atom. The summed E-state index contributed by atoms with van der Waals surface area (Å²) in [6.45, 7) is 1.81. The number of carbonyl (C=O) groups excluding carboxylic acids is 1. The zero-order valence-electron chi connectivity index (χ0n) is 9.11. The van der Waals surface area contributed by atoms with Gasteiger partial charge in [0.15, 0.2) is 0 Å². The summed E-state index contributed by atoms with van der Waals surface area (Å²) in [4.78, 5) is 11.2. The van der Waals surface area contributed by atoms with E-state index in [-0.39, 0.29) is 12.8 Å². The van der Waals surface area contributed by atoms with Gasteiger partial charge in [0.05, 0.1) is 6.10 Å². The molecule has 1 saturated carbocycles.